The third-order valence-corrected chi connectivity index (χ3v) is 8.08. The predicted octanol–water partition coefficient (Wildman–Crippen LogP) is 9.48. The molecule has 1 aromatic rings. The standard InChI is InChI=1S/C28H45F/c1-3-5-7-9-23-11-13-25(14-12-23)26-15-17-27(18-16-26)28(29)21-19-24(20-22-28)10-8-6-4-2/h15-18,23-25H,3-14,19-22H2,1-2H3/t23-,24?,25-,28?. The lowest BCUT2D eigenvalue weighted by Crippen LogP contribution is -2.27. The Balaban J connectivity index is 1.47. The molecule has 0 amide bonds. The van der Waals surface area contributed by atoms with Crippen molar-refractivity contribution in [3.05, 3.63) is 35.4 Å². The molecule has 2 aliphatic carbocycles. The second-order valence-corrected chi connectivity index (χ2v) is 10.2. The predicted molar refractivity (Wildman–Crippen MR) is 124 cm³/mol. The van der Waals surface area contributed by atoms with Crippen LogP contribution in [0.5, 0.6) is 0 Å². The molecule has 0 aromatic heterocycles. The van der Waals surface area contributed by atoms with Gasteiger partial charge in [-0.1, -0.05) is 89.5 Å². The number of hydrogen-bond acceptors (Lipinski definition) is 0. The van der Waals surface area contributed by atoms with E-state index in [4.69, 9.17) is 0 Å². The van der Waals surface area contributed by atoms with Crippen molar-refractivity contribution < 1.29 is 4.39 Å². The zero-order chi connectivity index (χ0) is 20.5. The number of halogens is 1. The molecular weight excluding hydrogens is 355 g/mol. The van der Waals surface area contributed by atoms with Crippen LogP contribution >= 0.6 is 0 Å². The first kappa shape index (κ1) is 22.8. The van der Waals surface area contributed by atoms with Gasteiger partial charge in [0.25, 0.3) is 0 Å². The second kappa shape index (κ2) is 11.5. The third-order valence-electron chi connectivity index (χ3n) is 8.08. The molecule has 0 saturated heterocycles. The van der Waals surface area contributed by atoms with Crippen LogP contribution < -0.4 is 0 Å². The van der Waals surface area contributed by atoms with Gasteiger partial charge in [0.15, 0.2) is 0 Å². The molecule has 0 nitrogen and oxygen atoms in total. The molecule has 1 aromatic carbocycles. The summed E-state index contributed by atoms with van der Waals surface area (Å²) in [6.07, 6.45) is 19.9. The van der Waals surface area contributed by atoms with Crippen LogP contribution in [0, 0.1) is 11.8 Å². The highest BCUT2D eigenvalue weighted by atomic mass is 19.1. The van der Waals surface area contributed by atoms with Gasteiger partial charge < -0.3 is 0 Å². The third kappa shape index (κ3) is 6.56. The highest BCUT2D eigenvalue weighted by Gasteiger charge is 2.36. The minimum Gasteiger partial charge on any atom is -0.239 e. The first-order chi connectivity index (χ1) is 14.1. The monoisotopic (exact) mass is 400 g/mol. The molecule has 0 spiro atoms. The maximum absolute atomic E-state index is 15.6. The van der Waals surface area contributed by atoms with Gasteiger partial charge in [-0.05, 0) is 80.2 Å². The van der Waals surface area contributed by atoms with Crippen LogP contribution in [0.4, 0.5) is 4.39 Å². The van der Waals surface area contributed by atoms with Crippen molar-refractivity contribution in [1.82, 2.24) is 0 Å². The summed E-state index contributed by atoms with van der Waals surface area (Å²) in [6.45, 7) is 4.55. The van der Waals surface area contributed by atoms with E-state index in [0.29, 0.717) is 5.92 Å². The van der Waals surface area contributed by atoms with E-state index in [1.54, 1.807) is 0 Å². The van der Waals surface area contributed by atoms with E-state index in [1.807, 2.05) is 0 Å². The van der Waals surface area contributed by atoms with Gasteiger partial charge in [0.1, 0.15) is 5.67 Å². The van der Waals surface area contributed by atoms with Crippen LogP contribution in [-0.2, 0) is 5.67 Å². The SMILES string of the molecule is CCCCCC1CCC(F)(c2ccc([C@H]3CC[C@H](CCCCC)CC3)cc2)CC1. The molecule has 164 valence electrons. The van der Waals surface area contributed by atoms with Crippen LogP contribution in [-0.4, -0.2) is 0 Å². The maximum Gasteiger partial charge on any atom is 0.136 e. The Morgan fingerprint density at radius 3 is 1.76 bits per heavy atom. The smallest absolute Gasteiger partial charge is 0.136 e. The topological polar surface area (TPSA) is 0 Å². The molecule has 29 heavy (non-hydrogen) atoms. The van der Waals surface area contributed by atoms with E-state index >= 15 is 4.39 Å². The van der Waals surface area contributed by atoms with Crippen molar-refractivity contribution in [2.75, 3.05) is 0 Å². The average Bonchev–Trinajstić information content (AvgIpc) is 2.76. The second-order valence-electron chi connectivity index (χ2n) is 10.2. The van der Waals surface area contributed by atoms with Crippen molar-refractivity contribution in [1.29, 1.82) is 0 Å². The number of benzene rings is 1. The van der Waals surface area contributed by atoms with Gasteiger partial charge in [0.2, 0.25) is 0 Å². The van der Waals surface area contributed by atoms with Gasteiger partial charge in [-0.3, -0.25) is 0 Å². The van der Waals surface area contributed by atoms with Gasteiger partial charge >= 0.3 is 0 Å². The first-order valence-electron chi connectivity index (χ1n) is 12.9. The largest absolute Gasteiger partial charge is 0.239 e. The molecular formula is C28H45F. The molecule has 0 N–H and O–H groups in total. The summed E-state index contributed by atoms with van der Waals surface area (Å²) in [4.78, 5) is 0. The van der Waals surface area contributed by atoms with Crippen molar-refractivity contribution in [2.45, 2.75) is 128 Å². The van der Waals surface area contributed by atoms with E-state index in [-0.39, 0.29) is 0 Å². The molecule has 2 saturated carbocycles. The van der Waals surface area contributed by atoms with Gasteiger partial charge in [0.05, 0.1) is 0 Å². The Morgan fingerprint density at radius 2 is 1.24 bits per heavy atom. The van der Waals surface area contributed by atoms with Gasteiger partial charge in [-0.15, -0.1) is 0 Å². The van der Waals surface area contributed by atoms with Crippen LogP contribution in [0.25, 0.3) is 0 Å². The lowest BCUT2D eigenvalue weighted by molar-refractivity contribution is 0.0787. The van der Waals surface area contributed by atoms with E-state index in [9.17, 15) is 0 Å². The molecule has 0 unspecified atom stereocenters. The Morgan fingerprint density at radius 1 is 0.724 bits per heavy atom. The lowest BCUT2D eigenvalue weighted by Gasteiger charge is -2.35. The molecule has 3 rings (SSSR count). The summed E-state index contributed by atoms with van der Waals surface area (Å²) in [5, 5.41) is 0. The van der Waals surface area contributed by atoms with Crippen LogP contribution in [0.1, 0.15) is 134 Å². The van der Waals surface area contributed by atoms with Gasteiger partial charge in [-0.2, -0.15) is 0 Å². The molecule has 0 atom stereocenters. The van der Waals surface area contributed by atoms with Crippen molar-refractivity contribution in [3.63, 3.8) is 0 Å². The zero-order valence-electron chi connectivity index (χ0n) is 19.2. The maximum atomic E-state index is 15.6. The lowest BCUT2D eigenvalue weighted by atomic mass is 9.74. The summed E-state index contributed by atoms with van der Waals surface area (Å²) < 4.78 is 15.6. The van der Waals surface area contributed by atoms with Crippen LogP contribution in [0.3, 0.4) is 0 Å². The molecule has 0 radical (unpaired) electrons. The summed E-state index contributed by atoms with van der Waals surface area (Å²) in [5.41, 5.74) is 1.33. The Labute approximate surface area is 180 Å². The summed E-state index contributed by atoms with van der Waals surface area (Å²) >= 11 is 0. The van der Waals surface area contributed by atoms with E-state index in [2.05, 4.69) is 38.1 Å². The average molecular weight is 401 g/mol. The van der Waals surface area contributed by atoms with Crippen LogP contribution in [0.2, 0.25) is 0 Å². The minimum atomic E-state index is -1.07. The fourth-order valence-corrected chi connectivity index (χ4v) is 5.92. The Hall–Kier alpha value is -0.850. The summed E-state index contributed by atoms with van der Waals surface area (Å²) in [5.74, 6) is 2.42. The van der Waals surface area contributed by atoms with Crippen molar-refractivity contribution >= 4 is 0 Å². The van der Waals surface area contributed by atoms with E-state index in [1.165, 1.54) is 82.6 Å². The van der Waals surface area contributed by atoms with E-state index in [0.717, 1.165) is 43.1 Å². The fraction of sp³-hybridized carbons (Fsp3) is 0.786. The highest BCUT2D eigenvalue weighted by Crippen LogP contribution is 2.45. The van der Waals surface area contributed by atoms with Crippen molar-refractivity contribution in [3.8, 4) is 0 Å². The quantitative estimate of drug-likeness (QED) is 0.343. The molecule has 1 heteroatoms. The van der Waals surface area contributed by atoms with Crippen LogP contribution in [0.15, 0.2) is 24.3 Å². The molecule has 2 fully saturated rings. The van der Waals surface area contributed by atoms with Crippen molar-refractivity contribution in [2.24, 2.45) is 11.8 Å². The van der Waals surface area contributed by atoms with E-state index < -0.39 is 5.67 Å². The molecule has 0 heterocycles. The number of alkyl halides is 1. The molecule has 0 aliphatic heterocycles. The minimum absolute atomic E-state index is 0.705. The number of hydrogen-bond donors (Lipinski definition) is 0. The fourth-order valence-electron chi connectivity index (χ4n) is 5.92. The summed E-state index contributed by atoms with van der Waals surface area (Å²) in [7, 11) is 0. The number of unbranched alkanes of at least 4 members (excludes halogenated alkanes) is 4. The molecule has 0 bridgehead atoms. The summed E-state index contributed by atoms with van der Waals surface area (Å²) in [6, 6.07) is 8.76. The Bertz CT molecular complexity index is 558. The first-order valence-corrected chi connectivity index (χ1v) is 12.9. The highest BCUT2D eigenvalue weighted by molar-refractivity contribution is 5.30. The van der Waals surface area contributed by atoms with Gasteiger partial charge in [-0.25, -0.2) is 4.39 Å². The zero-order valence-corrected chi connectivity index (χ0v) is 19.2. The molecule has 2 aliphatic rings. The normalized spacial score (nSPS) is 30.4. The number of rotatable bonds is 10. The Kier molecular flexibility index (Phi) is 9.07. The van der Waals surface area contributed by atoms with Gasteiger partial charge in [0, 0.05) is 0 Å².